The van der Waals surface area contributed by atoms with Gasteiger partial charge in [-0.05, 0) is 55.6 Å². The zero-order valence-electron chi connectivity index (χ0n) is 12.1. The van der Waals surface area contributed by atoms with Gasteiger partial charge in [0.05, 0.1) is 11.0 Å². The molecule has 1 N–H and O–H groups in total. The molecule has 0 radical (unpaired) electrons. The molecule has 2 nitrogen and oxygen atoms in total. The van der Waals surface area contributed by atoms with Gasteiger partial charge in [0.15, 0.2) is 4.77 Å². The minimum Gasteiger partial charge on any atom is -0.330 e. The van der Waals surface area contributed by atoms with Gasteiger partial charge in [0, 0.05) is 6.04 Å². The lowest BCUT2D eigenvalue weighted by atomic mass is 9.82. The average molecular weight is 292 g/mol. The number of nitrogens with zero attached hydrogens (tertiary/aromatic N) is 1. The Kier molecular flexibility index (Phi) is 3.67. The minimum atomic E-state index is -0.170. The van der Waals surface area contributed by atoms with Crippen molar-refractivity contribution < 1.29 is 4.39 Å². The fourth-order valence-electron chi connectivity index (χ4n) is 3.58. The van der Waals surface area contributed by atoms with E-state index in [9.17, 15) is 4.39 Å². The predicted molar refractivity (Wildman–Crippen MR) is 83.1 cm³/mol. The first-order valence-corrected chi connectivity index (χ1v) is 7.93. The predicted octanol–water partition coefficient (Wildman–Crippen LogP) is 5.29. The van der Waals surface area contributed by atoms with Crippen LogP contribution in [0.25, 0.3) is 11.0 Å². The van der Waals surface area contributed by atoms with E-state index in [1.807, 2.05) is 13.0 Å². The van der Waals surface area contributed by atoms with Crippen LogP contribution >= 0.6 is 12.2 Å². The van der Waals surface area contributed by atoms with Crippen LogP contribution in [0.15, 0.2) is 12.1 Å². The summed E-state index contributed by atoms with van der Waals surface area (Å²) in [7, 11) is 0. The molecule has 1 fully saturated rings. The molecule has 2 unspecified atom stereocenters. The molecule has 1 aliphatic rings. The number of nitrogens with one attached hydrogen (secondary N) is 1. The van der Waals surface area contributed by atoms with Gasteiger partial charge < -0.3 is 9.55 Å². The number of hydrogen-bond acceptors (Lipinski definition) is 1. The van der Waals surface area contributed by atoms with Gasteiger partial charge in [0.1, 0.15) is 5.82 Å². The van der Waals surface area contributed by atoms with Crippen LogP contribution in [0.1, 0.15) is 50.6 Å². The maximum absolute atomic E-state index is 13.7. The number of benzene rings is 1. The van der Waals surface area contributed by atoms with Gasteiger partial charge in [-0.3, -0.25) is 0 Å². The molecule has 3 rings (SSSR count). The van der Waals surface area contributed by atoms with Gasteiger partial charge in [-0.25, -0.2) is 4.39 Å². The largest absolute Gasteiger partial charge is 0.330 e. The van der Waals surface area contributed by atoms with E-state index in [0.29, 0.717) is 17.5 Å². The molecule has 20 heavy (non-hydrogen) atoms. The second-order valence-electron chi connectivity index (χ2n) is 5.94. The fraction of sp³-hybridized carbons (Fsp3) is 0.562. The Balaban J connectivity index is 2.17. The lowest BCUT2D eigenvalue weighted by molar-refractivity contribution is 0.235. The van der Waals surface area contributed by atoms with Crippen LogP contribution in [-0.2, 0) is 0 Å². The van der Waals surface area contributed by atoms with Crippen LogP contribution in [0.3, 0.4) is 0 Å². The number of rotatable bonds is 2. The van der Waals surface area contributed by atoms with Crippen molar-refractivity contribution in [1.82, 2.24) is 9.55 Å². The monoisotopic (exact) mass is 292 g/mol. The summed E-state index contributed by atoms with van der Waals surface area (Å²) in [6.45, 7) is 4.07. The summed E-state index contributed by atoms with van der Waals surface area (Å²) in [4.78, 5) is 3.17. The van der Waals surface area contributed by atoms with Gasteiger partial charge in [-0.1, -0.05) is 26.2 Å². The van der Waals surface area contributed by atoms with Crippen molar-refractivity contribution in [3.05, 3.63) is 28.3 Å². The van der Waals surface area contributed by atoms with Crippen molar-refractivity contribution in [1.29, 1.82) is 0 Å². The number of imidazole rings is 1. The topological polar surface area (TPSA) is 20.7 Å². The number of hydrogen-bond donors (Lipinski definition) is 1. The van der Waals surface area contributed by atoms with E-state index in [0.717, 1.165) is 15.8 Å². The molecule has 1 aromatic heterocycles. The van der Waals surface area contributed by atoms with Crippen LogP contribution in [0.2, 0.25) is 0 Å². The highest BCUT2D eigenvalue weighted by Crippen LogP contribution is 2.38. The van der Waals surface area contributed by atoms with Crippen molar-refractivity contribution in [2.75, 3.05) is 0 Å². The van der Waals surface area contributed by atoms with Crippen molar-refractivity contribution >= 4 is 23.3 Å². The summed E-state index contributed by atoms with van der Waals surface area (Å²) in [6.07, 6.45) is 6.21. The van der Waals surface area contributed by atoms with Crippen molar-refractivity contribution in [3.63, 3.8) is 0 Å². The molecule has 2 aromatic rings. The summed E-state index contributed by atoms with van der Waals surface area (Å²) >= 11 is 5.51. The average Bonchev–Trinajstić information content (AvgIpc) is 2.74. The Morgan fingerprint density at radius 2 is 2.10 bits per heavy atom. The van der Waals surface area contributed by atoms with E-state index in [1.54, 1.807) is 6.07 Å². The smallest absolute Gasteiger partial charge is 0.178 e. The highest BCUT2D eigenvalue weighted by molar-refractivity contribution is 7.71. The highest BCUT2D eigenvalue weighted by Gasteiger charge is 2.27. The van der Waals surface area contributed by atoms with Gasteiger partial charge in [0.25, 0.3) is 0 Å². The third kappa shape index (κ3) is 2.20. The molecule has 1 aliphatic carbocycles. The summed E-state index contributed by atoms with van der Waals surface area (Å²) < 4.78 is 16.7. The van der Waals surface area contributed by atoms with E-state index in [-0.39, 0.29) is 5.82 Å². The van der Waals surface area contributed by atoms with E-state index >= 15 is 0 Å². The number of aryl methyl sites for hydroxylation is 1. The lowest BCUT2D eigenvalue weighted by Gasteiger charge is -2.32. The maximum Gasteiger partial charge on any atom is 0.178 e. The summed E-state index contributed by atoms with van der Waals surface area (Å²) in [5.41, 5.74) is 2.56. The molecule has 1 aromatic carbocycles. The number of aromatic nitrogens is 2. The molecule has 0 aliphatic heterocycles. The first kappa shape index (κ1) is 13.8. The molecule has 4 heteroatoms. The Morgan fingerprint density at radius 1 is 1.35 bits per heavy atom. The SMILES string of the molecule is CCC1CCCCC1n1c(=S)[nH]c2cc(F)c(C)cc21. The molecule has 2 atom stereocenters. The normalized spacial score (nSPS) is 23.4. The quantitative estimate of drug-likeness (QED) is 0.746. The zero-order chi connectivity index (χ0) is 14.3. The van der Waals surface area contributed by atoms with E-state index in [2.05, 4.69) is 16.5 Å². The number of H-pyrrole nitrogens is 1. The van der Waals surface area contributed by atoms with Crippen LogP contribution in [0.4, 0.5) is 4.39 Å². The third-order valence-electron chi connectivity index (χ3n) is 4.72. The van der Waals surface area contributed by atoms with Gasteiger partial charge in [0.2, 0.25) is 0 Å². The number of aromatic amines is 1. The van der Waals surface area contributed by atoms with Crippen molar-refractivity contribution in [3.8, 4) is 0 Å². The van der Waals surface area contributed by atoms with Gasteiger partial charge in [-0.15, -0.1) is 0 Å². The second-order valence-corrected chi connectivity index (χ2v) is 6.33. The van der Waals surface area contributed by atoms with Crippen molar-refractivity contribution in [2.24, 2.45) is 5.92 Å². The van der Waals surface area contributed by atoms with Gasteiger partial charge >= 0.3 is 0 Å². The molecule has 0 spiro atoms. The second kappa shape index (κ2) is 5.32. The molecule has 1 heterocycles. The zero-order valence-corrected chi connectivity index (χ0v) is 12.9. The first-order valence-electron chi connectivity index (χ1n) is 7.52. The number of fused-ring (bicyclic) bond motifs is 1. The lowest BCUT2D eigenvalue weighted by Crippen LogP contribution is -2.22. The molecule has 0 saturated heterocycles. The molecule has 108 valence electrons. The molecule has 1 saturated carbocycles. The fourth-order valence-corrected chi connectivity index (χ4v) is 3.93. The summed E-state index contributed by atoms with van der Waals surface area (Å²) in [6, 6.07) is 3.96. The Bertz CT molecular complexity index is 686. The third-order valence-corrected chi connectivity index (χ3v) is 5.02. The minimum absolute atomic E-state index is 0.170. The Hall–Kier alpha value is -1.16. The van der Waals surface area contributed by atoms with Gasteiger partial charge in [-0.2, -0.15) is 0 Å². The number of halogens is 1. The molecule has 0 amide bonds. The Labute approximate surface area is 124 Å². The van der Waals surface area contributed by atoms with E-state index in [1.165, 1.54) is 32.1 Å². The van der Waals surface area contributed by atoms with E-state index < -0.39 is 0 Å². The highest BCUT2D eigenvalue weighted by atomic mass is 32.1. The summed E-state index contributed by atoms with van der Waals surface area (Å²) in [5, 5.41) is 0. The Morgan fingerprint density at radius 3 is 2.85 bits per heavy atom. The standard InChI is InChI=1S/C16H21FN2S/c1-3-11-6-4-5-7-14(11)19-15-8-10(2)12(17)9-13(15)18-16(19)20/h8-9,11,14H,3-7H2,1-2H3,(H,18,20). The summed E-state index contributed by atoms with van der Waals surface area (Å²) in [5.74, 6) is 0.511. The van der Waals surface area contributed by atoms with Crippen LogP contribution in [-0.4, -0.2) is 9.55 Å². The van der Waals surface area contributed by atoms with Crippen LogP contribution < -0.4 is 0 Å². The molecular formula is C16H21FN2S. The molecule has 0 bridgehead atoms. The van der Waals surface area contributed by atoms with Crippen LogP contribution in [0.5, 0.6) is 0 Å². The first-order chi connectivity index (χ1) is 9.61. The van der Waals surface area contributed by atoms with Crippen molar-refractivity contribution in [2.45, 2.75) is 52.0 Å². The maximum atomic E-state index is 13.7. The molecular weight excluding hydrogens is 271 g/mol. The van der Waals surface area contributed by atoms with E-state index in [4.69, 9.17) is 12.2 Å². The van der Waals surface area contributed by atoms with Crippen LogP contribution in [0, 0.1) is 23.4 Å².